The zero-order valence-electron chi connectivity index (χ0n) is 10.4. The van der Waals surface area contributed by atoms with Gasteiger partial charge in [-0.2, -0.15) is 0 Å². The van der Waals surface area contributed by atoms with E-state index in [1.54, 1.807) is 14.1 Å². The number of hydrogen-bond donors (Lipinski definition) is 1. The zero-order valence-corrected chi connectivity index (χ0v) is 10.4. The van der Waals surface area contributed by atoms with Crippen molar-refractivity contribution in [3.8, 4) is 0 Å². The Bertz CT molecular complexity index is 454. The number of anilines is 1. The highest BCUT2D eigenvalue weighted by atomic mass is 19.1. The molecule has 0 saturated heterocycles. The normalized spacial score (nSPS) is 11.8. The fourth-order valence-electron chi connectivity index (χ4n) is 1.37. The standard InChI is InChI=1S/C12H15FN2O3/c1-7(11(16)15(2)3)18-12(17)8-4-9(13)6-10(14)5-8/h4-7H,14H2,1-3H3. The summed E-state index contributed by atoms with van der Waals surface area (Å²) in [6.07, 6.45) is -0.933. The molecular weight excluding hydrogens is 239 g/mol. The van der Waals surface area contributed by atoms with Gasteiger partial charge in [0.05, 0.1) is 5.56 Å². The van der Waals surface area contributed by atoms with Gasteiger partial charge in [0.1, 0.15) is 5.82 Å². The predicted octanol–water partition coefficient (Wildman–Crippen LogP) is 1.04. The Balaban J connectivity index is 2.79. The molecule has 0 aromatic heterocycles. The summed E-state index contributed by atoms with van der Waals surface area (Å²) in [6.45, 7) is 1.45. The molecule has 2 N–H and O–H groups in total. The number of halogens is 1. The second-order valence-corrected chi connectivity index (χ2v) is 4.05. The summed E-state index contributed by atoms with van der Waals surface area (Å²) in [5, 5.41) is 0. The predicted molar refractivity (Wildman–Crippen MR) is 64.4 cm³/mol. The Kier molecular flexibility index (Phi) is 4.25. The summed E-state index contributed by atoms with van der Waals surface area (Å²) in [5.41, 5.74) is 5.51. The van der Waals surface area contributed by atoms with Crippen LogP contribution in [0, 0.1) is 5.82 Å². The Morgan fingerprint density at radius 1 is 1.33 bits per heavy atom. The van der Waals surface area contributed by atoms with Gasteiger partial charge in [-0.25, -0.2) is 9.18 Å². The van der Waals surface area contributed by atoms with Crippen molar-refractivity contribution in [1.82, 2.24) is 4.90 Å². The zero-order chi connectivity index (χ0) is 13.9. The van der Waals surface area contributed by atoms with Crippen molar-refractivity contribution in [3.63, 3.8) is 0 Å². The molecule has 1 atom stereocenters. The van der Waals surface area contributed by atoms with Crippen molar-refractivity contribution in [2.24, 2.45) is 0 Å². The molecule has 18 heavy (non-hydrogen) atoms. The number of esters is 1. The van der Waals surface area contributed by atoms with Gasteiger partial charge in [-0.1, -0.05) is 0 Å². The third-order valence-corrected chi connectivity index (χ3v) is 2.23. The number of likely N-dealkylation sites (N-methyl/N-ethyl adjacent to an activating group) is 1. The molecule has 1 aromatic carbocycles. The number of carbonyl (C=O) groups excluding carboxylic acids is 2. The van der Waals surface area contributed by atoms with Crippen LogP contribution < -0.4 is 5.73 Å². The van der Waals surface area contributed by atoms with E-state index in [0.29, 0.717) is 0 Å². The molecule has 1 amide bonds. The molecule has 0 aliphatic heterocycles. The molecule has 0 spiro atoms. The minimum absolute atomic E-state index is 0.0223. The van der Waals surface area contributed by atoms with Crippen LogP contribution >= 0.6 is 0 Å². The maximum Gasteiger partial charge on any atom is 0.339 e. The average molecular weight is 254 g/mol. The van der Waals surface area contributed by atoms with Crippen molar-refractivity contribution in [3.05, 3.63) is 29.6 Å². The van der Waals surface area contributed by atoms with E-state index in [1.165, 1.54) is 17.9 Å². The van der Waals surface area contributed by atoms with Crippen LogP contribution in [-0.4, -0.2) is 37.0 Å². The van der Waals surface area contributed by atoms with Crippen LogP contribution in [0.2, 0.25) is 0 Å². The van der Waals surface area contributed by atoms with E-state index < -0.39 is 17.9 Å². The molecule has 6 heteroatoms. The molecule has 98 valence electrons. The van der Waals surface area contributed by atoms with Crippen molar-refractivity contribution >= 4 is 17.6 Å². The van der Waals surface area contributed by atoms with Crippen LogP contribution in [-0.2, 0) is 9.53 Å². The summed E-state index contributed by atoms with van der Waals surface area (Å²) < 4.78 is 18.0. The number of nitrogens with zero attached hydrogens (tertiary/aromatic N) is 1. The van der Waals surface area contributed by atoms with Gasteiger partial charge in [-0.15, -0.1) is 0 Å². The number of rotatable bonds is 3. The Labute approximate surface area is 104 Å². The highest BCUT2D eigenvalue weighted by Gasteiger charge is 2.20. The molecule has 1 unspecified atom stereocenters. The number of nitrogens with two attached hydrogens (primary N) is 1. The number of ether oxygens (including phenoxy) is 1. The average Bonchev–Trinajstić information content (AvgIpc) is 2.26. The summed E-state index contributed by atoms with van der Waals surface area (Å²) >= 11 is 0. The van der Waals surface area contributed by atoms with Gasteiger partial charge in [-0.3, -0.25) is 4.79 Å². The van der Waals surface area contributed by atoms with Gasteiger partial charge in [-0.05, 0) is 25.1 Å². The van der Waals surface area contributed by atoms with E-state index in [9.17, 15) is 14.0 Å². The van der Waals surface area contributed by atoms with Gasteiger partial charge >= 0.3 is 5.97 Å². The molecule has 5 nitrogen and oxygen atoms in total. The maximum atomic E-state index is 13.0. The van der Waals surface area contributed by atoms with Crippen LogP contribution in [0.1, 0.15) is 17.3 Å². The van der Waals surface area contributed by atoms with Crippen molar-refractivity contribution < 1.29 is 18.7 Å². The number of amides is 1. The summed E-state index contributed by atoms with van der Waals surface area (Å²) in [7, 11) is 3.10. The van der Waals surface area contributed by atoms with Crippen LogP contribution in [0.3, 0.4) is 0 Å². The van der Waals surface area contributed by atoms with E-state index in [0.717, 1.165) is 12.1 Å². The summed E-state index contributed by atoms with van der Waals surface area (Å²) in [4.78, 5) is 24.5. The highest BCUT2D eigenvalue weighted by molar-refractivity contribution is 5.92. The molecule has 1 aromatic rings. The van der Waals surface area contributed by atoms with Crippen LogP contribution in [0.4, 0.5) is 10.1 Å². The molecule has 0 heterocycles. The number of carbonyl (C=O) groups is 2. The minimum Gasteiger partial charge on any atom is -0.449 e. The van der Waals surface area contributed by atoms with Crippen molar-refractivity contribution in [1.29, 1.82) is 0 Å². The number of benzene rings is 1. The first kappa shape index (κ1) is 14.0. The molecule has 0 saturated carbocycles. The molecule has 1 rings (SSSR count). The smallest absolute Gasteiger partial charge is 0.339 e. The Hall–Kier alpha value is -2.11. The molecule has 0 aliphatic carbocycles. The first-order chi connectivity index (χ1) is 8.31. The molecule has 0 fully saturated rings. The first-order valence-corrected chi connectivity index (χ1v) is 5.29. The number of hydrogen-bond acceptors (Lipinski definition) is 4. The lowest BCUT2D eigenvalue weighted by Crippen LogP contribution is -2.34. The second-order valence-electron chi connectivity index (χ2n) is 4.05. The van der Waals surface area contributed by atoms with Gasteiger partial charge in [0, 0.05) is 19.8 Å². The fourth-order valence-corrected chi connectivity index (χ4v) is 1.37. The van der Waals surface area contributed by atoms with Crippen LogP contribution in [0.15, 0.2) is 18.2 Å². The minimum atomic E-state index is -0.933. The Morgan fingerprint density at radius 3 is 2.44 bits per heavy atom. The quantitative estimate of drug-likeness (QED) is 0.646. The molecule has 0 aliphatic rings. The van der Waals surface area contributed by atoms with E-state index >= 15 is 0 Å². The first-order valence-electron chi connectivity index (χ1n) is 5.29. The lowest BCUT2D eigenvalue weighted by molar-refractivity contribution is -0.137. The molecule has 0 bridgehead atoms. The lowest BCUT2D eigenvalue weighted by Gasteiger charge is -2.17. The SMILES string of the molecule is CC(OC(=O)c1cc(N)cc(F)c1)C(=O)N(C)C. The van der Waals surface area contributed by atoms with E-state index in [-0.39, 0.29) is 17.2 Å². The number of nitrogen functional groups attached to an aromatic ring is 1. The van der Waals surface area contributed by atoms with E-state index in [1.807, 2.05) is 0 Å². The van der Waals surface area contributed by atoms with Crippen LogP contribution in [0.25, 0.3) is 0 Å². The van der Waals surface area contributed by atoms with Crippen molar-refractivity contribution in [2.75, 3.05) is 19.8 Å². The maximum absolute atomic E-state index is 13.0. The van der Waals surface area contributed by atoms with Gasteiger partial charge in [0.25, 0.3) is 5.91 Å². The lowest BCUT2D eigenvalue weighted by atomic mass is 10.2. The topological polar surface area (TPSA) is 72.6 Å². The van der Waals surface area contributed by atoms with Gasteiger partial charge < -0.3 is 15.4 Å². The third kappa shape index (κ3) is 3.44. The van der Waals surface area contributed by atoms with E-state index in [4.69, 9.17) is 10.5 Å². The van der Waals surface area contributed by atoms with Crippen molar-refractivity contribution in [2.45, 2.75) is 13.0 Å². The fraction of sp³-hybridized carbons (Fsp3) is 0.333. The van der Waals surface area contributed by atoms with E-state index in [2.05, 4.69) is 0 Å². The highest BCUT2D eigenvalue weighted by Crippen LogP contribution is 2.13. The second kappa shape index (κ2) is 5.48. The van der Waals surface area contributed by atoms with Gasteiger partial charge in [0.15, 0.2) is 6.10 Å². The monoisotopic (exact) mass is 254 g/mol. The Morgan fingerprint density at radius 2 is 1.94 bits per heavy atom. The molecular formula is C12H15FN2O3. The van der Waals surface area contributed by atoms with Gasteiger partial charge in [0.2, 0.25) is 0 Å². The largest absolute Gasteiger partial charge is 0.449 e. The van der Waals surface area contributed by atoms with Crippen LogP contribution in [0.5, 0.6) is 0 Å². The third-order valence-electron chi connectivity index (χ3n) is 2.23. The molecule has 0 radical (unpaired) electrons. The summed E-state index contributed by atoms with van der Waals surface area (Å²) in [5.74, 6) is -1.77. The summed E-state index contributed by atoms with van der Waals surface area (Å²) in [6, 6.07) is 3.38.